The molecule has 0 aliphatic heterocycles. The molecule has 0 spiro atoms. The van der Waals surface area contributed by atoms with E-state index in [0.29, 0.717) is 18.9 Å². The number of hydrogen-bond acceptors (Lipinski definition) is 5. The van der Waals surface area contributed by atoms with Crippen LogP contribution in [0.2, 0.25) is 0 Å². The van der Waals surface area contributed by atoms with E-state index in [1.54, 1.807) is 31.5 Å². The number of rotatable bonds is 9. The third-order valence-electron chi connectivity index (χ3n) is 3.75. The van der Waals surface area contributed by atoms with E-state index in [4.69, 9.17) is 14.2 Å². The van der Waals surface area contributed by atoms with Crippen LogP contribution in [-0.2, 0) is 16.1 Å². The molecule has 0 bridgehead atoms. The van der Waals surface area contributed by atoms with Gasteiger partial charge in [-0.15, -0.1) is 0 Å². The number of methoxy groups -OCH3 is 1. The first-order valence-electron chi connectivity index (χ1n) is 8.58. The molecule has 26 heavy (non-hydrogen) atoms. The van der Waals surface area contributed by atoms with Gasteiger partial charge in [-0.3, -0.25) is 0 Å². The van der Waals surface area contributed by atoms with Crippen LogP contribution in [0.5, 0.6) is 5.75 Å². The molecule has 0 aliphatic rings. The fourth-order valence-electron chi connectivity index (χ4n) is 2.38. The fourth-order valence-corrected chi connectivity index (χ4v) is 2.38. The minimum Gasteiger partial charge on any atom is -0.497 e. The largest absolute Gasteiger partial charge is 0.497 e. The van der Waals surface area contributed by atoms with Gasteiger partial charge in [-0.2, -0.15) is 0 Å². The molecular weight excluding hydrogens is 330 g/mol. The van der Waals surface area contributed by atoms with Gasteiger partial charge in [0.05, 0.1) is 20.3 Å². The third-order valence-corrected chi connectivity index (χ3v) is 3.75. The Kier molecular flexibility index (Phi) is 7.83. The highest BCUT2D eigenvalue weighted by molar-refractivity contribution is 5.87. The summed E-state index contributed by atoms with van der Waals surface area (Å²) in [5.74, 6) is 0.416. The zero-order chi connectivity index (χ0) is 18.8. The summed E-state index contributed by atoms with van der Waals surface area (Å²) in [5, 5.41) is 0. The Labute approximate surface area is 154 Å². The summed E-state index contributed by atoms with van der Waals surface area (Å²) in [4.78, 5) is 15.9. The van der Waals surface area contributed by atoms with Crippen LogP contribution in [-0.4, -0.2) is 30.8 Å². The highest BCUT2D eigenvalue weighted by atomic mass is 16.5. The van der Waals surface area contributed by atoms with Crippen LogP contribution in [0.15, 0.2) is 60.3 Å². The van der Waals surface area contributed by atoms with E-state index in [2.05, 4.69) is 4.98 Å². The maximum atomic E-state index is 12.0. The van der Waals surface area contributed by atoms with Gasteiger partial charge in [-0.25, -0.2) is 9.78 Å². The first-order chi connectivity index (χ1) is 12.6. The van der Waals surface area contributed by atoms with Gasteiger partial charge in [0.25, 0.3) is 0 Å². The van der Waals surface area contributed by atoms with E-state index < -0.39 is 5.97 Å². The monoisotopic (exact) mass is 355 g/mol. The van der Waals surface area contributed by atoms with Crippen molar-refractivity contribution < 1.29 is 19.0 Å². The average Bonchev–Trinajstić information content (AvgIpc) is 2.66. The Morgan fingerprint density at radius 3 is 2.62 bits per heavy atom. The quantitative estimate of drug-likeness (QED) is 0.383. The second kappa shape index (κ2) is 10.4. The van der Waals surface area contributed by atoms with Crippen molar-refractivity contribution in [2.75, 3.05) is 13.7 Å². The van der Waals surface area contributed by atoms with Crippen molar-refractivity contribution in [2.24, 2.45) is 0 Å². The SMILES string of the molecule is COc1ccc(COCC/C(C)=C/[C@@H](C)OC(=O)c2ccccn2)cc1. The molecule has 1 atom stereocenters. The maximum absolute atomic E-state index is 12.0. The van der Waals surface area contributed by atoms with Crippen LogP contribution in [0.4, 0.5) is 0 Å². The Bertz CT molecular complexity index is 711. The lowest BCUT2D eigenvalue weighted by atomic mass is 10.2. The van der Waals surface area contributed by atoms with Crippen LogP contribution in [0.1, 0.15) is 36.3 Å². The average molecular weight is 355 g/mol. The lowest BCUT2D eigenvalue weighted by Gasteiger charge is -2.11. The number of ether oxygens (including phenoxy) is 3. The van der Waals surface area contributed by atoms with Crippen LogP contribution < -0.4 is 4.74 Å². The zero-order valence-electron chi connectivity index (χ0n) is 15.5. The van der Waals surface area contributed by atoms with Crippen LogP contribution in [0.25, 0.3) is 0 Å². The zero-order valence-corrected chi connectivity index (χ0v) is 15.5. The molecular formula is C21H25NO4. The maximum Gasteiger partial charge on any atom is 0.357 e. The summed E-state index contributed by atoms with van der Waals surface area (Å²) >= 11 is 0. The fraction of sp³-hybridized carbons (Fsp3) is 0.333. The summed E-state index contributed by atoms with van der Waals surface area (Å²) in [5.41, 5.74) is 2.53. The third kappa shape index (κ3) is 6.69. The first-order valence-corrected chi connectivity index (χ1v) is 8.58. The smallest absolute Gasteiger partial charge is 0.357 e. The van der Waals surface area contributed by atoms with E-state index in [9.17, 15) is 4.79 Å². The van der Waals surface area contributed by atoms with Gasteiger partial charge in [0.15, 0.2) is 0 Å². The van der Waals surface area contributed by atoms with Gasteiger partial charge >= 0.3 is 5.97 Å². The second-order valence-electron chi connectivity index (χ2n) is 5.99. The molecule has 5 nitrogen and oxygen atoms in total. The van der Waals surface area contributed by atoms with Gasteiger partial charge in [0, 0.05) is 6.20 Å². The molecule has 138 valence electrons. The Hall–Kier alpha value is -2.66. The number of esters is 1. The van der Waals surface area contributed by atoms with E-state index in [1.807, 2.05) is 44.2 Å². The summed E-state index contributed by atoms with van der Waals surface area (Å²) in [6, 6.07) is 13.0. The van der Waals surface area contributed by atoms with Crippen molar-refractivity contribution in [1.82, 2.24) is 4.98 Å². The van der Waals surface area contributed by atoms with Crippen molar-refractivity contribution in [3.05, 3.63) is 71.6 Å². The molecule has 0 unspecified atom stereocenters. The molecule has 0 amide bonds. The van der Waals surface area contributed by atoms with Crippen molar-refractivity contribution in [3.63, 3.8) is 0 Å². The molecule has 0 saturated carbocycles. The molecule has 0 saturated heterocycles. The van der Waals surface area contributed by atoms with E-state index in [-0.39, 0.29) is 6.10 Å². The molecule has 0 radical (unpaired) electrons. The normalized spacial score (nSPS) is 12.5. The lowest BCUT2D eigenvalue weighted by molar-refractivity contribution is 0.0416. The van der Waals surface area contributed by atoms with Gasteiger partial charge in [0.1, 0.15) is 17.5 Å². The number of nitrogens with zero attached hydrogens (tertiary/aromatic N) is 1. The topological polar surface area (TPSA) is 57.7 Å². The molecule has 2 aromatic rings. The number of benzene rings is 1. The number of aromatic nitrogens is 1. The van der Waals surface area contributed by atoms with E-state index in [1.165, 1.54) is 0 Å². The number of hydrogen-bond donors (Lipinski definition) is 0. The number of carbonyl (C=O) groups is 1. The number of pyridine rings is 1. The predicted molar refractivity (Wildman–Crippen MR) is 100 cm³/mol. The Morgan fingerprint density at radius 1 is 1.19 bits per heavy atom. The van der Waals surface area contributed by atoms with Crippen molar-refractivity contribution in [1.29, 1.82) is 0 Å². The van der Waals surface area contributed by atoms with Gasteiger partial charge in [0.2, 0.25) is 0 Å². The summed E-state index contributed by atoms with van der Waals surface area (Å²) < 4.78 is 16.2. The van der Waals surface area contributed by atoms with Crippen molar-refractivity contribution in [2.45, 2.75) is 33.0 Å². The van der Waals surface area contributed by atoms with Gasteiger partial charge in [-0.05, 0) is 56.2 Å². The van der Waals surface area contributed by atoms with Gasteiger partial charge in [-0.1, -0.05) is 23.8 Å². The second-order valence-corrected chi connectivity index (χ2v) is 5.99. The minimum absolute atomic E-state index is 0.313. The van der Waals surface area contributed by atoms with Crippen LogP contribution in [0.3, 0.4) is 0 Å². The van der Waals surface area contributed by atoms with Crippen LogP contribution in [0, 0.1) is 0 Å². The molecule has 0 fully saturated rings. The molecule has 5 heteroatoms. The standard InChI is InChI=1S/C21H25NO4/c1-16(11-13-25-15-18-7-9-19(24-3)10-8-18)14-17(2)26-21(23)20-6-4-5-12-22-20/h4-10,12,14,17H,11,13,15H2,1-3H3/b16-14+/t17-/m1/s1. The molecule has 0 N–H and O–H groups in total. The minimum atomic E-state index is -0.419. The Balaban J connectivity index is 1.70. The molecule has 1 aromatic heterocycles. The highest BCUT2D eigenvalue weighted by Crippen LogP contribution is 2.13. The summed E-state index contributed by atoms with van der Waals surface area (Å²) in [7, 11) is 1.65. The van der Waals surface area contributed by atoms with Crippen molar-refractivity contribution >= 4 is 5.97 Å². The van der Waals surface area contributed by atoms with E-state index >= 15 is 0 Å². The first kappa shape index (κ1) is 19.7. The van der Waals surface area contributed by atoms with Crippen molar-refractivity contribution in [3.8, 4) is 5.75 Å². The van der Waals surface area contributed by atoms with Crippen LogP contribution >= 0.6 is 0 Å². The molecule has 1 heterocycles. The van der Waals surface area contributed by atoms with Gasteiger partial charge < -0.3 is 14.2 Å². The lowest BCUT2D eigenvalue weighted by Crippen LogP contribution is -2.14. The molecule has 2 rings (SSSR count). The van der Waals surface area contributed by atoms with E-state index in [0.717, 1.165) is 23.3 Å². The highest BCUT2D eigenvalue weighted by Gasteiger charge is 2.11. The predicted octanol–water partition coefficient (Wildman–Crippen LogP) is 4.19. The Morgan fingerprint density at radius 2 is 1.96 bits per heavy atom. The summed E-state index contributed by atoms with van der Waals surface area (Å²) in [6.45, 7) is 5.00. The number of carbonyl (C=O) groups excluding carboxylic acids is 1. The molecule has 0 aliphatic carbocycles. The summed E-state index contributed by atoms with van der Waals surface area (Å²) in [6.07, 6.45) is 3.97. The molecule has 1 aromatic carbocycles.